The molecular formula is C7H10F3NO. The number of rotatable bonds is 0. The fourth-order valence-corrected chi connectivity index (χ4v) is 2.14. The Morgan fingerprint density at radius 1 is 1.17 bits per heavy atom. The highest BCUT2D eigenvalue weighted by atomic mass is 19.4. The number of hydrogen-bond acceptors (Lipinski definition) is 2. The second-order valence-electron chi connectivity index (χ2n) is 3.44. The average Bonchev–Trinajstić information content (AvgIpc) is 2.42. The molecule has 0 radical (unpaired) electrons. The maximum absolute atomic E-state index is 12.3. The van der Waals surface area contributed by atoms with Crippen LogP contribution in [0.3, 0.4) is 0 Å². The zero-order valence-corrected chi connectivity index (χ0v) is 6.34. The molecule has 2 bridgehead atoms. The molecule has 0 aromatic rings. The highest BCUT2D eigenvalue weighted by Gasteiger charge is 2.58. The first-order valence-corrected chi connectivity index (χ1v) is 3.98. The van der Waals surface area contributed by atoms with Crippen LogP contribution in [0.2, 0.25) is 0 Å². The summed E-state index contributed by atoms with van der Waals surface area (Å²) in [6.07, 6.45) is -4.05. The van der Waals surface area contributed by atoms with Crippen molar-refractivity contribution in [3.05, 3.63) is 0 Å². The van der Waals surface area contributed by atoms with Gasteiger partial charge in [0.2, 0.25) is 0 Å². The molecule has 2 nitrogen and oxygen atoms in total. The molecule has 2 rings (SSSR count). The first-order chi connectivity index (χ1) is 5.50. The predicted octanol–water partition coefficient (Wildman–Crippen LogP) is 1.05. The van der Waals surface area contributed by atoms with Crippen LogP contribution in [0.5, 0.6) is 0 Å². The molecule has 2 heterocycles. The average molecular weight is 181 g/mol. The minimum absolute atomic E-state index is 0.360. The predicted molar refractivity (Wildman–Crippen MR) is 35.4 cm³/mol. The zero-order valence-electron chi connectivity index (χ0n) is 6.34. The number of nitrogens with two attached hydrogens (primary N) is 1. The summed E-state index contributed by atoms with van der Waals surface area (Å²) >= 11 is 0. The smallest absolute Gasteiger partial charge is 0.373 e. The van der Waals surface area contributed by atoms with Crippen molar-refractivity contribution in [1.82, 2.24) is 0 Å². The normalized spacial score (nSPS) is 47.0. The standard InChI is InChI=1S/C7H10F3NO/c8-7(9,10)5-3-1-2-4(12-3)6(5)11/h3-6H,1-2,11H2/t3?,4?,5-,6+/m0/s1. The van der Waals surface area contributed by atoms with Gasteiger partial charge in [0.25, 0.3) is 0 Å². The van der Waals surface area contributed by atoms with Crippen LogP contribution in [-0.4, -0.2) is 24.4 Å². The molecule has 2 aliphatic rings. The maximum atomic E-state index is 12.3. The minimum atomic E-state index is -4.20. The molecule has 2 N–H and O–H groups in total. The molecule has 12 heavy (non-hydrogen) atoms. The molecule has 2 aliphatic heterocycles. The molecule has 2 saturated heterocycles. The van der Waals surface area contributed by atoms with Gasteiger partial charge in [0.1, 0.15) is 0 Å². The van der Waals surface area contributed by atoms with E-state index in [1.807, 2.05) is 0 Å². The van der Waals surface area contributed by atoms with E-state index in [1.54, 1.807) is 0 Å². The number of ether oxygens (including phenoxy) is 1. The SMILES string of the molecule is N[C@@H]1C2CCC(O2)[C@@H]1C(F)(F)F. The molecule has 0 spiro atoms. The van der Waals surface area contributed by atoms with E-state index in [1.165, 1.54) is 0 Å². The summed E-state index contributed by atoms with van der Waals surface area (Å²) in [5.74, 6) is -1.43. The second kappa shape index (κ2) is 2.35. The molecule has 5 heteroatoms. The third-order valence-electron chi connectivity index (χ3n) is 2.71. The van der Waals surface area contributed by atoms with E-state index < -0.39 is 24.2 Å². The molecule has 0 aromatic carbocycles. The van der Waals surface area contributed by atoms with E-state index in [0.717, 1.165) is 0 Å². The van der Waals surface area contributed by atoms with Crippen molar-refractivity contribution >= 4 is 0 Å². The van der Waals surface area contributed by atoms with Gasteiger partial charge < -0.3 is 10.5 Å². The monoisotopic (exact) mass is 181 g/mol. The highest BCUT2D eigenvalue weighted by molar-refractivity contribution is 5.01. The summed E-state index contributed by atoms with van der Waals surface area (Å²) in [4.78, 5) is 0. The van der Waals surface area contributed by atoms with Crippen molar-refractivity contribution in [2.24, 2.45) is 11.7 Å². The highest BCUT2D eigenvalue weighted by Crippen LogP contribution is 2.45. The lowest BCUT2D eigenvalue weighted by molar-refractivity contribution is -0.188. The largest absolute Gasteiger partial charge is 0.395 e. The van der Waals surface area contributed by atoms with E-state index in [2.05, 4.69) is 0 Å². The van der Waals surface area contributed by atoms with Crippen LogP contribution in [0.25, 0.3) is 0 Å². The van der Waals surface area contributed by atoms with Crippen LogP contribution in [0.4, 0.5) is 13.2 Å². The van der Waals surface area contributed by atoms with Crippen molar-refractivity contribution in [3.63, 3.8) is 0 Å². The molecule has 0 amide bonds. The van der Waals surface area contributed by atoms with Crippen LogP contribution < -0.4 is 5.73 Å². The molecule has 70 valence electrons. The van der Waals surface area contributed by atoms with Crippen LogP contribution in [0.1, 0.15) is 12.8 Å². The van der Waals surface area contributed by atoms with Gasteiger partial charge in [-0.1, -0.05) is 0 Å². The van der Waals surface area contributed by atoms with Gasteiger partial charge >= 0.3 is 6.18 Å². The van der Waals surface area contributed by atoms with Gasteiger partial charge in [0, 0.05) is 6.04 Å². The molecule has 4 atom stereocenters. The van der Waals surface area contributed by atoms with Gasteiger partial charge in [-0.3, -0.25) is 0 Å². The Morgan fingerprint density at radius 2 is 1.75 bits per heavy atom. The summed E-state index contributed by atoms with van der Waals surface area (Å²) in [7, 11) is 0. The quantitative estimate of drug-likeness (QED) is 0.606. The molecule has 0 aromatic heterocycles. The Morgan fingerprint density at radius 3 is 2.08 bits per heavy atom. The van der Waals surface area contributed by atoms with E-state index in [-0.39, 0.29) is 6.10 Å². The second-order valence-corrected chi connectivity index (χ2v) is 3.44. The lowest BCUT2D eigenvalue weighted by Gasteiger charge is -2.26. The number of alkyl halides is 3. The van der Waals surface area contributed by atoms with Crippen LogP contribution in [-0.2, 0) is 4.74 Å². The van der Waals surface area contributed by atoms with E-state index in [9.17, 15) is 13.2 Å². The molecule has 0 aliphatic carbocycles. The molecule has 2 fully saturated rings. The molecular weight excluding hydrogens is 171 g/mol. The Labute approximate surface area is 67.9 Å². The first kappa shape index (κ1) is 8.31. The fourth-order valence-electron chi connectivity index (χ4n) is 2.14. The summed E-state index contributed by atoms with van der Waals surface area (Å²) < 4.78 is 42.0. The van der Waals surface area contributed by atoms with E-state index in [4.69, 9.17) is 10.5 Å². The third-order valence-corrected chi connectivity index (χ3v) is 2.71. The fraction of sp³-hybridized carbons (Fsp3) is 1.00. The number of halogens is 3. The Kier molecular flexibility index (Phi) is 1.63. The topological polar surface area (TPSA) is 35.2 Å². The van der Waals surface area contributed by atoms with Crippen LogP contribution in [0, 0.1) is 5.92 Å². The Hall–Kier alpha value is -0.290. The van der Waals surface area contributed by atoms with Gasteiger partial charge in [-0.15, -0.1) is 0 Å². The minimum Gasteiger partial charge on any atom is -0.373 e. The zero-order chi connectivity index (χ0) is 8.93. The number of fused-ring (bicyclic) bond motifs is 2. The van der Waals surface area contributed by atoms with E-state index >= 15 is 0 Å². The first-order valence-electron chi connectivity index (χ1n) is 3.98. The number of hydrogen-bond donors (Lipinski definition) is 1. The Balaban J connectivity index is 2.17. The summed E-state index contributed by atoms with van der Waals surface area (Å²) in [5.41, 5.74) is 5.41. The van der Waals surface area contributed by atoms with Gasteiger partial charge in [0.15, 0.2) is 0 Å². The van der Waals surface area contributed by atoms with Gasteiger partial charge in [-0.2, -0.15) is 13.2 Å². The third kappa shape index (κ3) is 1.03. The summed E-state index contributed by atoms with van der Waals surface area (Å²) in [5, 5.41) is 0. The Bertz CT molecular complexity index is 192. The van der Waals surface area contributed by atoms with Crippen molar-refractivity contribution in [3.8, 4) is 0 Å². The van der Waals surface area contributed by atoms with Crippen molar-refractivity contribution in [1.29, 1.82) is 0 Å². The van der Waals surface area contributed by atoms with Crippen molar-refractivity contribution in [2.45, 2.75) is 37.3 Å². The lowest BCUT2D eigenvalue weighted by Crippen LogP contribution is -2.47. The van der Waals surface area contributed by atoms with Gasteiger partial charge in [-0.25, -0.2) is 0 Å². The van der Waals surface area contributed by atoms with Crippen molar-refractivity contribution in [2.75, 3.05) is 0 Å². The van der Waals surface area contributed by atoms with E-state index in [0.29, 0.717) is 12.8 Å². The maximum Gasteiger partial charge on any atom is 0.395 e. The molecule has 2 unspecified atom stereocenters. The van der Waals surface area contributed by atoms with Gasteiger partial charge in [0.05, 0.1) is 18.1 Å². The summed E-state index contributed by atoms with van der Waals surface area (Å²) in [6.45, 7) is 0. The van der Waals surface area contributed by atoms with Crippen molar-refractivity contribution < 1.29 is 17.9 Å². The summed E-state index contributed by atoms with van der Waals surface area (Å²) in [6, 6.07) is -0.844. The van der Waals surface area contributed by atoms with Crippen LogP contribution in [0.15, 0.2) is 0 Å². The lowest BCUT2D eigenvalue weighted by atomic mass is 9.85. The van der Waals surface area contributed by atoms with Crippen LogP contribution >= 0.6 is 0 Å². The molecule has 0 saturated carbocycles. The van der Waals surface area contributed by atoms with Gasteiger partial charge in [-0.05, 0) is 12.8 Å².